The Morgan fingerprint density at radius 1 is 1.17 bits per heavy atom. The Bertz CT molecular complexity index is 777. The molecule has 0 saturated carbocycles. The predicted molar refractivity (Wildman–Crippen MR) is 81.8 cm³/mol. The molecule has 0 spiro atoms. The number of carbonyl (C=O) groups excluding carboxylic acids is 3. The summed E-state index contributed by atoms with van der Waals surface area (Å²) in [7, 11) is 0. The van der Waals surface area contributed by atoms with Crippen molar-refractivity contribution in [3.8, 4) is 0 Å². The van der Waals surface area contributed by atoms with Gasteiger partial charge in [0.25, 0.3) is 11.8 Å². The number of hydrogen-bond donors (Lipinski definition) is 0. The van der Waals surface area contributed by atoms with Gasteiger partial charge in [-0.05, 0) is 24.5 Å². The van der Waals surface area contributed by atoms with Crippen molar-refractivity contribution in [1.29, 1.82) is 0 Å². The number of hydroxylamine groups is 2. The molecule has 24 heavy (non-hydrogen) atoms. The van der Waals surface area contributed by atoms with Crippen molar-refractivity contribution in [2.24, 2.45) is 5.92 Å². The van der Waals surface area contributed by atoms with Gasteiger partial charge < -0.3 is 4.84 Å². The van der Waals surface area contributed by atoms with E-state index in [0.717, 1.165) is 6.42 Å². The van der Waals surface area contributed by atoms with E-state index in [-0.39, 0.29) is 16.8 Å². The van der Waals surface area contributed by atoms with Gasteiger partial charge in [-0.15, -0.1) is 5.10 Å². The smallest absolute Gasteiger partial charge is 0.322 e. The molecule has 0 bridgehead atoms. The molecule has 0 N–H and O–H groups in total. The second kappa shape index (κ2) is 6.23. The molecule has 0 saturated heterocycles. The number of rotatable bonds is 5. The first-order valence-corrected chi connectivity index (χ1v) is 7.57. The van der Waals surface area contributed by atoms with Gasteiger partial charge in [-0.3, -0.25) is 14.3 Å². The van der Waals surface area contributed by atoms with Gasteiger partial charge in [-0.1, -0.05) is 36.3 Å². The number of amides is 2. The standard InChI is InChI=1S/C16H16N4O4/c1-10(2)7-8-19-9-13(17-18-19)16(23)24-20-14(21)11-5-3-4-6-12(11)15(20)22/h3-6,9-10H,7-8H2,1-2H3. The summed E-state index contributed by atoms with van der Waals surface area (Å²) in [5.41, 5.74) is 0.349. The summed E-state index contributed by atoms with van der Waals surface area (Å²) in [6.07, 6.45) is 2.32. The maximum absolute atomic E-state index is 12.1. The molecule has 3 rings (SSSR count). The first-order chi connectivity index (χ1) is 11.5. The van der Waals surface area contributed by atoms with Gasteiger partial charge in [0.15, 0.2) is 5.69 Å². The van der Waals surface area contributed by atoms with Crippen molar-refractivity contribution in [3.05, 3.63) is 47.3 Å². The Morgan fingerprint density at radius 2 is 1.79 bits per heavy atom. The summed E-state index contributed by atoms with van der Waals surface area (Å²) >= 11 is 0. The summed E-state index contributed by atoms with van der Waals surface area (Å²) < 4.78 is 1.53. The molecule has 2 aromatic rings. The first-order valence-electron chi connectivity index (χ1n) is 7.57. The number of fused-ring (bicyclic) bond motifs is 1. The molecule has 0 aliphatic carbocycles. The van der Waals surface area contributed by atoms with Crippen LogP contribution in [-0.4, -0.2) is 37.8 Å². The van der Waals surface area contributed by atoms with Gasteiger partial charge in [0, 0.05) is 6.54 Å². The Labute approximate surface area is 138 Å². The summed E-state index contributed by atoms with van der Waals surface area (Å²) in [5.74, 6) is -1.75. The maximum Gasteiger partial charge on any atom is 0.385 e. The van der Waals surface area contributed by atoms with E-state index >= 15 is 0 Å². The maximum atomic E-state index is 12.1. The van der Waals surface area contributed by atoms with Crippen LogP contribution in [0.25, 0.3) is 0 Å². The van der Waals surface area contributed by atoms with E-state index in [9.17, 15) is 14.4 Å². The van der Waals surface area contributed by atoms with Crippen LogP contribution in [0.5, 0.6) is 0 Å². The Kier molecular flexibility index (Phi) is 4.11. The lowest BCUT2D eigenvalue weighted by Crippen LogP contribution is -2.32. The molecule has 0 unspecified atom stereocenters. The van der Waals surface area contributed by atoms with Crippen LogP contribution in [0.4, 0.5) is 0 Å². The number of aryl methyl sites for hydroxylation is 1. The lowest BCUT2D eigenvalue weighted by Gasteiger charge is -2.11. The fourth-order valence-electron chi connectivity index (χ4n) is 2.27. The number of nitrogens with zero attached hydrogens (tertiary/aromatic N) is 4. The second-order valence-electron chi connectivity index (χ2n) is 5.88. The van der Waals surface area contributed by atoms with Crippen LogP contribution >= 0.6 is 0 Å². The van der Waals surface area contributed by atoms with E-state index < -0.39 is 17.8 Å². The van der Waals surface area contributed by atoms with Crippen molar-refractivity contribution in [2.45, 2.75) is 26.8 Å². The molecule has 1 aliphatic heterocycles. The second-order valence-corrected chi connectivity index (χ2v) is 5.88. The van der Waals surface area contributed by atoms with Crippen molar-refractivity contribution in [1.82, 2.24) is 20.1 Å². The minimum Gasteiger partial charge on any atom is -0.322 e. The van der Waals surface area contributed by atoms with Gasteiger partial charge in [0.05, 0.1) is 17.3 Å². The van der Waals surface area contributed by atoms with E-state index in [1.54, 1.807) is 12.1 Å². The highest BCUT2D eigenvalue weighted by Crippen LogP contribution is 2.23. The zero-order valence-corrected chi connectivity index (χ0v) is 13.3. The predicted octanol–water partition coefficient (Wildman–Crippen LogP) is 1.69. The topological polar surface area (TPSA) is 94.4 Å². The number of imide groups is 1. The largest absolute Gasteiger partial charge is 0.385 e. The normalized spacial score (nSPS) is 13.5. The van der Waals surface area contributed by atoms with Crippen molar-refractivity contribution < 1.29 is 19.2 Å². The Hall–Kier alpha value is -3.03. The summed E-state index contributed by atoms with van der Waals surface area (Å²) in [5, 5.41) is 8.02. The minimum absolute atomic E-state index is 0.0599. The molecule has 124 valence electrons. The molecule has 8 heteroatoms. The Balaban J connectivity index is 1.70. The van der Waals surface area contributed by atoms with Gasteiger partial charge in [0.2, 0.25) is 0 Å². The molecular weight excluding hydrogens is 312 g/mol. The molecule has 8 nitrogen and oxygen atoms in total. The van der Waals surface area contributed by atoms with Crippen molar-refractivity contribution >= 4 is 17.8 Å². The lowest BCUT2D eigenvalue weighted by atomic mass is 10.1. The molecule has 0 radical (unpaired) electrons. The average molecular weight is 328 g/mol. The highest BCUT2D eigenvalue weighted by Gasteiger charge is 2.39. The monoisotopic (exact) mass is 328 g/mol. The van der Waals surface area contributed by atoms with Crippen LogP contribution in [0, 0.1) is 5.92 Å². The van der Waals surface area contributed by atoms with Crippen LogP contribution in [0.15, 0.2) is 30.5 Å². The number of aromatic nitrogens is 3. The molecule has 0 fully saturated rings. The fraction of sp³-hybridized carbons (Fsp3) is 0.312. The Morgan fingerprint density at radius 3 is 2.38 bits per heavy atom. The zero-order chi connectivity index (χ0) is 17.3. The third-order valence-corrected chi connectivity index (χ3v) is 3.61. The molecule has 1 aromatic heterocycles. The van der Waals surface area contributed by atoms with E-state index in [1.165, 1.54) is 23.0 Å². The average Bonchev–Trinajstić information content (AvgIpc) is 3.13. The van der Waals surface area contributed by atoms with Crippen LogP contribution in [0.2, 0.25) is 0 Å². The number of carbonyl (C=O) groups is 3. The first kappa shape index (κ1) is 15.9. The fourth-order valence-corrected chi connectivity index (χ4v) is 2.27. The highest BCUT2D eigenvalue weighted by molar-refractivity contribution is 6.21. The molecule has 0 atom stereocenters. The molecule has 1 aromatic carbocycles. The quantitative estimate of drug-likeness (QED) is 0.775. The van der Waals surface area contributed by atoms with Crippen LogP contribution in [0.3, 0.4) is 0 Å². The molecule has 1 aliphatic rings. The van der Waals surface area contributed by atoms with Gasteiger partial charge >= 0.3 is 5.97 Å². The van der Waals surface area contributed by atoms with Crippen LogP contribution in [0.1, 0.15) is 51.5 Å². The van der Waals surface area contributed by atoms with E-state index in [4.69, 9.17) is 4.84 Å². The SMILES string of the molecule is CC(C)CCn1cc(C(=O)ON2C(=O)c3ccccc3C2=O)nn1. The molecular formula is C16H16N4O4. The van der Waals surface area contributed by atoms with Crippen LogP contribution in [-0.2, 0) is 11.4 Å². The van der Waals surface area contributed by atoms with Gasteiger partial charge in [0.1, 0.15) is 0 Å². The summed E-state index contributed by atoms with van der Waals surface area (Å²) in [6, 6.07) is 6.28. The summed E-state index contributed by atoms with van der Waals surface area (Å²) in [4.78, 5) is 41.3. The van der Waals surface area contributed by atoms with Crippen molar-refractivity contribution in [2.75, 3.05) is 0 Å². The lowest BCUT2D eigenvalue weighted by molar-refractivity contribution is -0.0588. The van der Waals surface area contributed by atoms with E-state index in [0.29, 0.717) is 17.5 Å². The van der Waals surface area contributed by atoms with E-state index in [1.807, 2.05) is 0 Å². The molecule has 2 amide bonds. The summed E-state index contributed by atoms with van der Waals surface area (Å²) in [6.45, 7) is 4.77. The number of hydrogen-bond acceptors (Lipinski definition) is 6. The molecule has 2 heterocycles. The van der Waals surface area contributed by atoms with Gasteiger partial charge in [-0.25, -0.2) is 4.79 Å². The number of benzene rings is 1. The van der Waals surface area contributed by atoms with Crippen molar-refractivity contribution in [3.63, 3.8) is 0 Å². The zero-order valence-electron chi connectivity index (χ0n) is 13.3. The third kappa shape index (κ3) is 2.90. The highest BCUT2D eigenvalue weighted by atomic mass is 16.7. The van der Waals surface area contributed by atoms with E-state index in [2.05, 4.69) is 24.2 Å². The van der Waals surface area contributed by atoms with Crippen LogP contribution < -0.4 is 0 Å². The minimum atomic E-state index is -0.902. The third-order valence-electron chi connectivity index (χ3n) is 3.61. The van der Waals surface area contributed by atoms with Gasteiger partial charge in [-0.2, -0.15) is 0 Å².